The van der Waals surface area contributed by atoms with Crippen molar-refractivity contribution in [1.29, 1.82) is 0 Å². The quantitative estimate of drug-likeness (QED) is 0.905. The molecule has 1 unspecified atom stereocenters. The standard InChI is InChI=1S/C19H20F2N2O2/c20-15-5-3-4-14(12-15)17-13-22-9-10-23(17)19(24)8-11-25-18-7-2-1-6-16(18)21/h1-7,12,17,22H,8-11,13H2. The van der Waals surface area contributed by atoms with Crippen LogP contribution in [-0.2, 0) is 4.79 Å². The number of para-hydroxylation sites is 1. The van der Waals surface area contributed by atoms with Crippen molar-refractivity contribution in [2.75, 3.05) is 26.2 Å². The number of ether oxygens (including phenoxy) is 1. The maximum Gasteiger partial charge on any atom is 0.226 e. The Bertz CT molecular complexity index is 739. The molecule has 6 heteroatoms. The van der Waals surface area contributed by atoms with E-state index in [2.05, 4.69) is 5.32 Å². The average Bonchev–Trinajstić information content (AvgIpc) is 2.63. The highest BCUT2D eigenvalue weighted by Crippen LogP contribution is 2.24. The van der Waals surface area contributed by atoms with Crippen LogP contribution in [0.5, 0.6) is 5.75 Å². The van der Waals surface area contributed by atoms with Crippen LogP contribution in [0.3, 0.4) is 0 Å². The number of amides is 1. The molecule has 0 bridgehead atoms. The lowest BCUT2D eigenvalue weighted by Gasteiger charge is -2.36. The van der Waals surface area contributed by atoms with Gasteiger partial charge in [0.15, 0.2) is 11.6 Å². The molecule has 0 spiro atoms. The SMILES string of the molecule is O=C(CCOc1ccccc1F)N1CCNCC1c1cccc(F)c1. The van der Waals surface area contributed by atoms with Crippen molar-refractivity contribution in [3.05, 3.63) is 65.7 Å². The highest BCUT2D eigenvalue weighted by Gasteiger charge is 2.27. The number of benzene rings is 2. The molecule has 1 N–H and O–H groups in total. The molecule has 0 saturated carbocycles. The van der Waals surface area contributed by atoms with Gasteiger partial charge in [-0.25, -0.2) is 8.78 Å². The summed E-state index contributed by atoms with van der Waals surface area (Å²) in [5, 5.41) is 3.23. The molecule has 1 amide bonds. The third-order valence-corrected chi connectivity index (χ3v) is 4.21. The van der Waals surface area contributed by atoms with Crippen LogP contribution >= 0.6 is 0 Å². The van der Waals surface area contributed by atoms with Crippen LogP contribution in [0, 0.1) is 11.6 Å². The first kappa shape index (κ1) is 17.4. The summed E-state index contributed by atoms with van der Waals surface area (Å²) in [7, 11) is 0. The Hall–Kier alpha value is -2.47. The van der Waals surface area contributed by atoms with E-state index in [4.69, 9.17) is 4.74 Å². The van der Waals surface area contributed by atoms with Gasteiger partial charge in [0, 0.05) is 19.6 Å². The van der Waals surface area contributed by atoms with Gasteiger partial charge in [-0.2, -0.15) is 0 Å². The first-order valence-electron chi connectivity index (χ1n) is 8.28. The molecule has 1 fully saturated rings. The van der Waals surface area contributed by atoms with E-state index < -0.39 is 5.82 Å². The number of piperazine rings is 1. The van der Waals surface area contributed by atoms with Crippen molar-refractivity contribution >= 4 is 5.91 Å². The average molecular weight is 346 g/mol. The zero-order valence-corrected chi connectivity index (χ0v) is 13.8. The summed E-state index contributed by atoms with van der Waals surface area (Å²) >= 11 is 0. The summed E-state index contributed by atoms with van der Waals surface area (Å²) in [5.41, 5.74) is 0.760. The first-order chi connectivity index (χ1) is 12.1. The molecule has 132 valence electrons. The van der Waals surface area contributed by atoms with Crippen LogP contribution in [0.1, 0.15) is 18.0 Å². The Balaban J connectivity index is 1.62. The summed E-state index contributed by atoms with van der Waals surface area (Å²) in [5.74, 6) is -0.725. The van der Waals surface area contributed by atoms with Gasteiger partial charge in [0.1, 0.15) is 5.82 Å². The fourth-order valence-corrected chi connectivity index (χ4v) is 2.97. The smallest absolute Gasteiger partial charge is 0.226 e. The summed E-state index contributed by atoms with van der Waals surface area (Å²) < 4.78 is 32.4. The van der Waals surface area contributed by atoms with Gasteiger partial charge in [0.2, 0.25) is 5.91 Å². The minimum Gasteiger partial charge on any atom is -0.490 e. The zero-order chi connectivity index (χ0) is 17.6. The zero-order valence-electron chi connectivity index (χ0n) is 13.8. The van der Waals surface area contributed by atoms with E-state index >= 15 is 0 Å². The Labute approximate surface area is 145 Å². The number of hydrogen-bond donors (Lipinski definition) is 1. The van der Waals surface area contributed by atoms with Crippen LogP contribution in [0.2, 0.25) is 0 Å². The number of halogens is 2. The fraction of sp³-hybridized carbons (Fsp3) is 0.316. The van der Waals surface area contributed by atoms with Crippen LogP contribution < -0.4 is 10.1 Å². The van der Waals surface area contributed by atoms with Crippen LogP contribution in [0.4, 0.5) is 8.78 Å². The minimum atomic E-state index is -0.449. The van der Waals surface area contributed by atoms with Crippen LogP contribution in [-0.4, -0.2) is 37.0 Å². The summed E-state index contributed by atoms with van der Waals surface area (Å²) in [6.07, 6.45) is 0.139. The normalized spacial score (nSPS) is 17.4. The van der Waals surface area contributed by atoms with E-state index in [0.717, 1.165) is 5.56 Å². The van der Waals surface area contributed by atoms with Gasteiger partial charge in [-0.15, -0.1) is 0 Å². The second-order valence-electron chi connectivity index (χ2n) is 5.89. The molecule has 25 heavy (non-hydrogen) atoms. The number of nitrogens with zero attached hydrogens (tertiary/aromatic N) is 1. The van der Waals surface area contributed by atoms with Gasteiger partial charge < -0.3 is 15.0 Å². The van der Waals surface area contributed by atoms with Crippen molar-refractivity contribution in [2.45, 2.75) is 12.5 Å². The van der Waals surface area contributed by atoms with Crippen molar-refractivity contribution < 1.29 is 18.3 Å². The van der Waals surface area contributed by atoms with Crippen LogP contribution in [0.15, 0.2) is 48.5 Å². The predicted octanol–water partition coefficient (Wildman–Crippen LogP) is 2.91. The molecular weight excluding hydrogens is 326 g/mol. The maximum atomic E-state index is 13.5. The molecule has 2 aromatic rings. The highest BCUT2D eigenvalue weighted by molar-refractivity contribution is 5.77. The second kappa shape index (κ2) is 8.07. The number of nitrogens with one attached hydrogen (secondary N) is 1. The molecule has 1 heterocycles. The van der Waals surface area contributed by atoms with E-state index in [1.165, 1.54) is 24.3 Å². The number of carbonyl (C=O) groups is 1. The monoisotopic (exact) mass is 346 g/mol. The van der Waals surface area contributed by atoms with E-state index in [1.54, 1.807) is 23.1 Å². The lowest BCUT2D eigenvalue weighted by atomic mass is 10.0. The molecule has 0 aliphatic carbocycles. The fourth-order valence-electron chi connectivity index (χ4n) is 2.97. The largest absolute Gasteiger partial charge is 0.490 e. The Morgan fingerprint density at radius 2 is 2.04 bits per heavy atom. The molecule has 4 nitrogen and oxygen atoms in total. The third-order valence-electron chi connectivity index (χ3n) is 4.21. The number of carbonyl (C=O) groups excluding carboxylic acids is 1. The minimum absolute atomic E-state index is 0.0906. The van der Waals surface area contributed by atoms with Gasteiger partial charge in [-0.05, 0) is 29.8 Å². The lowest BCUT2D eigenvalue weighted by molar-refractivity contribution is -0.135. The first-order valence-corrected chi connectivity index (χ1v) is 8.28. The van der Waals surface area contributed by atoms with E-state index in [9.17, 15) is 13.6 Å². The molecule has 1 aliphatic heterocycles. The van der Waals surface area contributed by atoms with Gasteiger partial charge >= 0.3 is 0 Å². The maximum absolute atomic E-state index is 13.5. The van der Waals surface area contributed by atoms with Crippen molar-refractivity contribution in [3.63, 3.8) is 0 Å². The van der Waals surface area contributed by atoms with Gasteiger partial charge in [-0.1, -0.05) is 24.3 Å². The predicted molar refractivity (Wildman–Crippen MR) is 90.2 cm³/mol. The van der Waals surface area contributed by atoms with Crippen molar-refractivity contribution in [1.82, 2.24) is 10.2 Å². The summed E-state index contributed by atoms with van der Waals surface area (Å²) in [6, 6.07) is 12.2. The highest BCUT2D eigenvalue weighted by atomic mass is 19.1. The molecule has 1 saturated heterocycles. The topological polar surface area (TPSA) is 41.6 Å². The number of rotatable bonds is 5. The Kier molecular flexibility index (Phi) is 5.60. The van der Waals surface area contributed by atoms with E-state index in [1.807, 2.05) is 6.07 Å². The molecule has 1 aliphatic rings. The molecule has 0 aromatic heterocycles. The summed E-state index contributed by atoms with van der Waals surface area (Å²) in [6.45, 7) is 1.90. The van der Waals surface area contributed by atoms with E-state index in [-0.39, 0.29) is 36.5 Å². The Morgan fingerprint density at radius 3 is 2.84 bits per heavy atom. The van der Waals surface area contributed by atoms with Crippen molar-refractivity contribution in [3.8, 4) is 5.75 Å². The third kappa shape index (κ3) is 4.33. The molecule has 1 atom stereocenters. The van der Waals surface area contributed by atoms with E-state index in [0.29, 0.717) is 19.6 Å². The number of hydrogen-bond acceptors (Lipinski definition) is 3. The van der Waals surface area contributed by atoms with Crippen LogP contribution in [0.25, 0.3) is 0 Å². The van der Waals surface area contributed by atoms with Gasteiger partial charge in [0.05, 0.1) is 19.1 Å². The van der Waals surface area contributed by atoms with Gasteiger partial charge in [-0.3, -0.25) is 4.79 Å². The molecule has 0 radical (unpaired) electrons. The summed E-state index contributed by atoms with van der Waals surface area (Å²) in [4.78, 5) is 14.3. The molecule has 3 rings (SSSR count). The Morgan fingerprint density at radius 1 is 1.20 bits per heavy atom. The van der Waals surface area contributed by atoms with Crippen molar-refractivity contribution in [2.24, 2.45) is 0 Å². The second-order valence-corrected chi connectivity index (χ2v) is 5.89. The lowest BCUT2D eigenvalue weighted by Crippen LogP contribution is -2.49. The van der Waals surface area contributed by atoms with Gasteiger partial charge in [0.25, 0.3) is 0 Å². The molecule has 2 aromatic carbocycles. The molecular formula is C19H20F2N2O2.